The van der Waals surface area contributed by atoms with Gasteiger partial charge in [0.15, 0.2) is 0 Å². The van der Waals surface area contributed by atoms with Gasteiger partial charge in [0.2, 0.25) is 5.95 Å². The third-order valence-electron chi connectivity index (χ3n) is 5.86. The quantitative estimate of drug-likeness (QED) is 0.314. The Kier molecular flexibility index (Phi) is 7.47. The van der Waals surface area contributed by atoms with E-state index in [-0.39, 0.29) is 24.7 Å². The van der Waals surface area contributed by atoms with Crippen LogP contribution >= 0.6 is 11.3 Å². The second-order valence-corrected chi connectivity index (χ2v) is 9.44. The summed E-state index contributed by atoms with van der Waals surface area (Å²) >= 11 is 1.37. The molecule has 4 atom stereocenters. The number of aromatic nitrogens is 3. The fourth-order valence-electron chi connectivity index (χ4n) is 4.10. The summed E-state index contributed by atoms with van der Waals surface area (Å²) in [4.78, 5) is 24.5. The average Bonchev–Trinajstić information content (AvgIpc) is 3.36. The molecule has 1 aliphatic carbocycles. The first-order valence-corrected chi connectivity index (χ1v) is 11.9. The minimum absolute atomic E-state index is 0.0645. The van der Waals surface area contributed by atoms with E-state index in [1.54, 1.807) is 6.92 Å². The van der Waals surface area contributed by atoms with E-state index in [9.17, 15) is 28.2 Å². The zero-order valence-electron chi connectivity index (χ0n) is 19.3. The van der Waals surface area contributed by atoms with Crippen LogP contribution in [-0.4, -0.2) is 75.9 Å². The van der Waals surface area contributed by atoms with Gasteiger partial charge in [0.25, 0.3) is 0 Å². The summed E-state index contributed by atoms with van der Waals surface area (Å²) in [6.07, 6.45) is -7.27. The van der Waals surface area contributed by atoms with Gasteiger partial charge in [0.05, 0.1) is 40.7 Å². The van der Waals surface area contributed by atoms with Crippen LogP contribution in [0.4, 0.5) is 29.7 Å². The SMILES string of the molecule is COC(=O)NC[C@H]1C[C@@H](Nc2nc(NCC(F)(F)F)nc(C)c2-c2nc3ccccc3s2)[C@H](O)[C@@H]1O. The largest absolute Gasteiger partial charge is 0.453 e. The van der Waals surface area contributed by atoms with Crippen molar-refractivity contribution in [1.29, 1.82) is 0 Å². The van der Waals surface area contributed by atoms with E-state index < -0.39 is 43.0 Å². The van der Waals surface area contributed by atoms with Gasteiger partial charge in [-0.05, 0) is 25.5 Å². The minimum atomic E-state index is -4.47. The summed E-state index contributed by atoms with van der Waals surface area (Å²) in [6.45, 7) is 0.378. The minimum Gasteiger partial charge on any atom is -0.453 e. The number of thiazole rings is 1. The Bertz CT molecular complexity index is 1210. The molecule has 36 heavy (non-hydrogen) atoms. The van der Waals surface area contributed by atoms with E-state index in [0.717, 1.165) is 10.2 Å². The number of carbonyl (C=O) groups is 1. The summed E-state index contributed by atoms with van der Waals surface area (Å²) < 4.78 is 43.8. The predicted octanol–water partition coefficient (Wildman–Crippen LogP) is 2.91. The number of aliphatic hydroxyl groups is 2. The molecule has 0 spiro atoms. The first-order chi connectivity index (χ1) is 17.1. The number of aliphatic hydroxyl groups excluding tert-OH is 2. The van der Waals surface area contributed by atoms with Crippen molar-refractivity contribution in [3.63, 3.8) is 0 Å². The summed E-state index contributed by atoms with van der Waals surface area (Å²) in [6, 6.07) is 6.75. The molecule has 1 fully saturated rings. The highest BCUT2D eigenvalue weighted by atomic mass is 32.1. The highest BCUT2D eigenvalue weighted by Crippen LogP contribution is 2.38. The molecular weight excluding hydrogens is 501 g/mol. The molecule has 0 bridgehead atoms. The number of nitrogens with zero attached hydrogens (tertiary/aromatic N) is 3. The maximum Gasteiger partial charge on any atom is 0.406 e. The van der Waals surface area contributed by atoms with Gasteiger partial charge in [0.1, 0.15) is 23.5 Å². The second kappa shape index (κ2) is 10.4. The standard InChI is InChI=1S/C22H25F3N6O4S/c1-10-15(19-30-12-5-3-4-6-14(12)36-19)18(31-20(28-10)27-9-22(23,24)25)29-13-7-11(16(32)17(13)33)8-26-21(34)35-2/h3-6,11,13,16-17,32-33H,7-9H2,1-2H3,(H,26,34)(H2,27,28,29,31)/t11-,13-,16-,17+/m1/s1. The molecule has 2 aromatic heterocycles. The molecule has 4 rings (SSSR count). The number of para-hydroxylation sites is 1. The Labute approximate surface area is 207 Å². The van der Waals surface area contributed by atoms with Crippen molar-refractivity contribution < 1.29 is 32.9 Å². The second-order valence-electron chi connectivity index (χ2n) is 8.41. The molecule has 194 valence electrons. The molecule has 1 saturated carbocycles. The lowest BCUT2D eigenvalue weighted by Crippen LogP contribution is -2.37. The monoisotopic (exact) mass is 526 g/mol. The zero-order chi connectivity index (χ0) is 26.0. The Balaban J connectivity index is 1.66. The van der Waals surface area contributed by atoms with Gasteiger partial charge >= 0.3 is 12.3 Å². The van der Waals surface area contributed by atoms with Crippen LogP contribution < -0.4 is 16.0 Å². The number of methoxy groups -OCH3 is 1. The summed E-state index contributed by atoms with van der Waals surface area (Å²) in [5.41, 5.74) is 1.60. The molecule has 10 nitrogen and oxygen atoms in total. The van der Waals surface area contributed by atoms with Crippen LogP contribution in [0.15, 0.2) is 24.3 Å². The van der Waals surface area contributed by atoms with Gasteiger partial charge in [0, 0.05) is 12.5 Å². The number of anilines is 2. The molecule has 1 amide bonds. The predicted molar refractivity (Wildman–Crippen MR) is 128 cm³/mol. The molecule has 0 unspecified atom stereocenters. The van der Waals surface area contributed by atoms with Crippen LogP contribution in [0.25, 0.3) is 20.8 Å². The van der Waals surface area contributed by atoms with E-state index >= 15 is 0 Å². The lowest BCUT2D eigenvalue weighted by molar-refractivity contribution is -0.115. The number of amides is 1. The Morgan fingerprint density at radius 2 is 1.94 bits per heavy atom. The molecule has 1 aromatic carbocycles. The van der Waals surface area contributed by atoms with Crippen LogP contribution in [0, 0.1) is 12.8 Å². The Morgan fingerprint density at radius 1 is 1.19 bits per heavy atom. The fraction of sp³-hybridized carbons (Fsp3) is 0.455. The first-order valence-electron chi connectivity index (χ1n) is 11.1. The molecule has 2 heterocycles. The maximum atomic E-state index is 12.8. The van der Waals surface area contributed by atoms with Crippen molar-refractivity contribution in [2.24, 2.45) is 5.92 Å². The van der Waals surface area contributed by atoms with Gasteiger partial charge in [-0.3, -0.25) is 0 Å². The molecule has 5 N–H and O–H groups in total. The van der Waals surface area contributed by atoms with Crippen LogP contribution in [0.2, 0.25) is 0 Å². The van der Waals surface area contributed by atoms with Crippen LogP contribution in [0.3, 0.4) is 0 Å². The van der Waals surface area contributed by atoms with Crippen molar-refractivity contribution in [2.45, 2.75) is 37.8 Å². The van der Waals surface area contributed by atoms with Gasteiger partial charge in [-0.1, -0.05) is 12.1 Å². The molecule has 0 saturated heterocycles. The van der Waals surface area contributed by atoms with Crippen molar-refractivity contribution in [3.8, 4) is 10.6 Å². The molecule has 0 radical (unpaired) electrons. The number of hydrogen-bond donors (Lipinski definition) is 5. The van der Waals surface area contributed by atoms with Crippen molar-refractivity contribution in [3.05, 3.63) is 30.0 Å². The summed E-state index contributed by atoms with van der Waals surface area (Å²) in [7, 11) is 1.21. The molecular formula is C22H25F3N6O4S. The van der Waals surface area contributed by atoms with E-state index in [1.165, 1.54) is 18.4 Å². The van der Waals surface area contributed by atoms with Crippen LogP contribution in [-0.2, 0) is 4.74 Å². The van der Waals surface area contributed by atoms with Crippen LogP contribution in [0.1, 0.15) is 12.1 Å². The molecule has 1 aliphatic rings. The van der Waals surface area contributed by atoms with E-state index in [4.69, 9.17) is 0 Å². The number of nitrogens with one attached hydrogen (secondary N) is 3. The molecule has 0 aliphatic heterocycles. The zero-order valence-corrected chi connectivity index (χ0v) is 20.2. The van der Waals surface area contributed by atoms with Gasteiger partial charge in [-0.15, -0.1) is 11.3 Å². The Hall–Kier alpha value is -3.23. The number of hydrogen-bond acceptors (Lipinski definition) is 10. The molecule has 3 aromatic rings. The van der Waals surface area contributed by atoms with Crippen molar-refractivity contribution >= 4 is 39.4 Å². The van der Waals surface area contributed by atoms with Gasteiger partial charge in [-0.2, -0.15) is 18.2 Å². The maximum absolute atomic E-state index is 12.8. The Morgan fingerprint density at radius 3 is 2.64 bits per heavy atom. The lowest BCUT2D eigenvalue weighted by atomic mass is 10.1. The van der Waals surface area contributed by atoms with E-state index in [0.29, 0.717) is 16.3 Å². The normalized spacial score (nSPS) is 22.0. The number of ether oxygens (including phenoxy) is 1. The van der Waals surface area contributed by atoms with Gasteiger partial charge < -0.3 is 30.9 Å². The number of rotatable bonds is 7. The summed E-state index contributed by atoms with van der Waals surface area (Å²) in [5.74, 6) is -0.563. The lowest BCUT2D eigenvalue weighted by Gasteiger charge is -2.21. The van der Waals surface area contributed by atoms with Crippen molar-refractivity contribution in [2.75, 3.05) is 30.8 Å². The number of alkyl carbamates (subject to hydrolysis) is 1. The smallest absolute Gasteiger partial charge is 0.406 e. The number of alkyl halides is 3. The third kappa shape index (κ3) is 5.77. The van der Waals surface area contributed by atoms with Gasteiger partial charge in [-0.25, -0.2) is 14.8 Å². The summed E-state index contributed by atoms with van der Waals surface area (Å²) in [5, 5.41) is 29.5. The van der Waals surface area contributed by atoms with Crippen molar-refractivity contribution in [1.82, 2.24) is 20.3 Å². The average molecular weight is 527 g/mol. The third-order valence-corrected chi connectivity index (χ3v) is 6.92. The topological polar surface area (TPSA) is 142 Å². The molecule has 14 heteroatoms. The highest BCUT2D eigenvalue weighted by Gasteiger charge is 2.42. The number of aryl methyl sites for hydroxylation is 1. The van der Waals surface area contributed by atoms with E-state index in [1.807, 2.05) is 24.3 Å². The van der Waals surface area contributed by atoms with E-state index in [2.05, 4.69) is 35.6 Å². The number of halogens is 3. The number of carbonyl (C=O) groups excluding carboxylic acids is 1. The number of benzene rings is 1. The first kappa shape index (κ1) is 25.9. The fourth-order valence-corrected chi connectivity index (χ4v) is 5.17. The highest BCUT2D eigenvalue weighted by molar-refractivity contribution is 7.21. The number of fused-ring (bicyclic) bond motifs is 1. The van der Waals surface area contributed by atoms with Crippen LogP contribution in [0.5, 0.6) is 0 Å².